The van der Waals surface area contributed by atoms with Gasteiger partial charge < -0.3 is 14.8 Å². The van der Waals surface area contributed by atoms with Crippen LogP contribution in [0.2, 0.25) is 0 Å². The van der Waals surface area contributed by atoms with Gasteiger partial charge in [-0.2, -0.15) is 0 Å². The van der Waals surface area contributed by atoms with Crippen molar-refractivity contribution in [3.63, 3.8) is 0 Å². The van der Waals surface area contributed by atoms with Gasteiger partial charge in [-0.1, -0.05) is 47.7 Å². The predicted octanol–water partition coefficient (Wildman–Crippen LogP) is 3.43. The third-order valence-corrected chi connectivity index (χ3v) is 6.38. The summed E-state index contributed by atoms with van der Waals surface area (Å²) in [5.41, 5.74) is 2.90. The first kappa shape index (κ1) is 18.9. The molecular formula is C22H25N3O2S. The van der Waals surface area contributed by atoms with E-state index in [1.807, 2.05) is 48.3 Å². The lowest BCUT2D eigenvalue weighted by atomic mass is 10.0. The van der Waals surface area contributed by atoms with Crippen molar-refractivity contribution in [3.05, 3.63) is 69.3 Å². The van der Waals surface area contributed by atoms with Crippen molar-refractivity contribution >= 4 is 27.5 Å². The van der Waals surface area contributed by atoms with Gasteiger partial charge >= 0.3 is 4.87 Å². The molecule has 1 atom stereocenters. The van der Waals surface area contributed by atoms with Gasteiger partial charge in [0.1, 0.15) is 0 Å². The van der Waals surface area contributed by atoms with Gasteiger partial charge in [-0.15, -0.1) is 0 Å². The Morgan fingerprint density at radius 3 is 2.68 bits per heavy atom. The number of benzene rings is 2. The fourth-order valence-electron chi connectivity index (χ4n) is 3.92. The number of likely N-dealkylation sites (N-methyl/N-ethyl adjacent to an activating group) is 1. The number of amides is 1. The number of fused-ring (bicyclic) bond motifs is 1. The molecule has 5 nitrogen and oxygen atoms in total. The summed E-state index contributed by atoms with van der Waals surface area (Å²) in [7, 11) is 1.90. The van der Waals surface area contributed by atoms with Crippen LogP contribution in [0.3, 0.4) is 0 Å². The molecule has 0 unspecified atom stereocenters. The molecule has 0 aliphatic carbocycles. The molecule has 3 aromatic rings. The van der Waals surface area contributed by atoms with Gasteiger partial charge in [0.15, 0.2) is 0 Å². The number of rotatable bonds is 6. The van der Waals surface area contributed by atoms with E-state index in [-0.39, 0.29) is 16.8 Å². The molecule has 1 aliphatic rings. The monoisotopic (exact) mass is 395 g/mol. The Hall–Kier alpha value is -2.44. The third-order valence-electron chi connectivity index (χ3n) is 5.51. The highest BCUT2D eigenvalue weighted by Gasteiger charge is 2.25. The van der Waals surface area contributed by atoms with Crippen LogP contribution in [0.1, 0.15) is 30.0 Å². The summed E-state index contributed by atoms with van der Waals surface area (Å²) in [6, 6.07) is 16.1. The fraction of sp³-hybridized carbons (Fsp3) is 0.364. The van der Waals surface area contributed by atoms with Gasteiger partial charge in [-0.25, -0.2) is 0 Å². The smallest absolute Gasteiger partial charge is 0.305 e. The largest absolute Gasteiger partial charge is 0.337 e. The quantitative estimate of drug-likeness (QED) is 0.696. The van der Waals surface area contributed by atoms with Crippen LogP contribution in [0.15, 0.2) is 53.3 Å². The van der Waals surface area contributed by atoms with Gasteiger partial charge in [-0.05, 0) is 49.2 Å². The second-order valence-corrected chi connectivity index (χ2v) is 8.48. The Morgan fingerprint density at radius 2 is 1.93 bits per heavy atom. The Balaban J connectivity index is 1.53. The Morgan fingerprint density at radius 1 is 1.18 bits per heavy atom. The van der Waals surface area contributed by atoms with Crippen LogP contribution in [0.5, 0.6) is 0 Å². The van der Waals surface area contributed by atoms with Crippen molar-refractivity contribution in [1.82, 2.24) is 14.8 Å². The van der Waals surface area contributed by atoms with Gasteiger partial charge in [0.25, 0.3) is 0 Å². The summed E-state index contributed by atoms with van der Waals surface area (Å²) >= 11 is 1.19. The lowest BCUT2D eigenvalue weighted by Gasteiger charge is -2.32. The minimum atomic E-state index is -0.0645. The number of likely N-dealkylation sites (tertiary alicyclic amines) is 1. The van der Waals surface area contributed by atoms with Gasteiger partial charge in [-0.3, -0.25) is 9.59 Å². The van der Waals surface area contributed by atoms with Crippen LogP contribution in [0.4, 0.5) is 0 Å². The minimum absolute atomic E-state index is 0.0384. The van der Waals surface area contributed by atoms with Crippen molar-refractivity contribution in [1.29, 1.82) is 0 Å². The van der Waals surface area contributed by atoms with Gasteiger partial charge in [0.05, 0.1) is 22.7 Å². The van der Waals surface area contributed by atoms with Crippen LogP contribution in [0.25, 0.3) is 10.2 Å². The predicted molar refractivity (Wildman–Crippen MR) is 114 cm³/mol. The van der Waals surface area contributed by atoms with Crippen LogP contribution in [-0.2, 0) is 11.2 Å². The number of hydrogen-bond donors (Lipinski definition) is 1. The van der Waals surface area contributed by atoms with Gasteiger partial charge in [0.2, 0.25) is 5.91 Å². The Bertz CT molecular complexity index is 1010. The maximum absolute atomic E-state index is 13.1. The number of carbonyl (C=O) groups is 1. The Labute approximate surface area is 168 Å². The number of hydrogen-bond acceptors (Lipinski definition) is 4. The second-order valence-electron chi connectivity index (χ2n) is 7.46. The van der Waals surface area contributed by atoms with Crippen molar-refractivity contribution in [3.8, 4) is 0 Å². The molecular weight excluding hydrogens is 370 g/mol. The molecule has 6 heteroatoms. The zero-order valence-electron chi connectivity index (χ0n) is 16.1. The van der Waals surface area contributed by atoms with E-state index in [1.165, 1.54) is 29.7 Å². The summed E-state index contributed by atoms with van der Waals surface area (Å²) in [6.45, 7) is 3.07. The van der Waals surface area contributed by atoms with E-state index in [0.29, 0.717) is 6.42 Å². The maximum atomic E-state index is 13.1. The molecule has 0 radical (unpaired) electrons. The molecule has 1 aromatic heterocycles. The topological polar surface area (TPSA) is 56.4 Å². The molecule has 0 spiro atoms. The van der Waals surface area contributed by atoms with E-state index in [1.54, 1.807) is 0 Å². The number of carbonyl (C=O) groups excluding carboxylic acids is 1. The molecule has 1 N–H and O–H groups in total. The number of nitrogens with one attached hydrogen (secondary N) is 1. The number of H-pyrrole nitrogens is 1. The normalized spacial score (nSPS) is 15.8. The van der Waals surface area contributed by atoms with Crippen molar-refractivity contribution in [2.75, 3.05) is 26.7 Å². The lowest BCUT2D eigenvalue weighted by Crippen LogP contribution is -2.39. The average molecular weight is 396 g/mol. The first-order valence-electron chi connectivity index (χ1n) is 9.75. The molecule has 0 bridgehead atoms. The second kappa shape index (κ2) is 8.29. The standard InChI is InChI=1S/C22H25N3O2S/c1-24(19(15-25-11-5-6-12-25)17-7-3-2-4-8-17)21(26)14-16-9-10-20-18(13-16)23-22(27)28-20/h2-4,7-10,13,19H,5-6,11-12,14-15H2,1H3,(H,23,27)/t19-/m0/s1. The van der Waals surface area contributed by atoms with E-state index in [9.17, 15) is 9.59 Å². The molecule has 2 heterocycles. The van der Waals surface area contributed by atoms with Crippen LogP contribution in [0, 0.1) is 0 Å². The average Bonchev–Trinajstić information content (AvgIpc) is 3.34. The molecule has 1 aliphatic heterocycles. The molecule has 1 saturated heterocycles. The SMILES string of the molecule is CN(C(=O)Cc1ccc2sc(=O)[nH]c2c1)[C@@H](CN1CCCC1)c1ccccc1. The zero-order valence-corrected chi connectivity index (χ0v) is 16.9. The molecule has 1 amide bonds. The highest BCUT2D eigenvalue weighted by atomic mass is 32.1. The summed E-state index contributed by atoms with van der Waals surface area (Å²) in [6.07, 6.45) is 2.80. The van der Waals surface area contributed by atoms with E-state index in [2.05, 4.69) is 22.0 Å². The number of nitrogens with zero attached hydrogens (tertiary/aromatic N) is 2. The highest BCUT2D eigenvalue weighted by molar-refractivity contribution is 7.16. The van der Waals surface area contributed by atoms with Crippen LogP contribution < -0.4 is 4.87 Å². The lowest BCUT2D eigenvalue weighted by molar-refractivity contribution is -0.131. The van der Waals surface area contributed by atoms with Gasteiger partial charge in [0, 0.05) is 13.6 Å². The first-order valence-corrected chi connectivity index (χ1v) is 10.6. The van der Waals surface area contributed by atoms with E-state index in [0.717, 1.165) is 35.4 Å². The van der Waals surface area contributed by atoms with Crippen LogP contribution in [-0.4, -0.2) is 47.4 Å². The van der Waals surface area contributed by atoms with Crippen molar-refractivity contribution < 1.29 is 4.79 Å². The highest BCUT2D eigenvalue weighted by Crippen LogP contribution is 2.24. The van der Waals surface area contributed by atoms with Crippen molar-refractivity contribution in [2.24, 2.45) is 0 Å². The zero-order chi connectivity index (χ0) is 19.5. The summed E-state index contributed by atoms with van der Waals surface area (Å²) in [4.78, 5) is 31.7. The molecule has 28 heavy (non-hydrogen) atoms. The number of aromatic nitrogens is 1. The molecule has 146 valence electrons. The Kier molecular flexibility index (Phi) is 5.59. The summed E-state index contributed by atoms with van der Waals surface area (Å²) in [5.74, 6) is 0.0879. The molecule has 0 saturated carbocycles. The maximum Gasteiger partial charge on any atom is 0.305 e. The minimum Gasteiger partial charge on any atom is -0.337 e. The fourth-order valence-corrected chi connectivity index (χ4v) is 4.64. The number of aromatic amines is 1. The number of thiazole rings is 1. The summed E-state index contributed by atoms with van der Waals surface area (Å²) in [5, 5.41) is 0. The van der Waals surface area contributed by atoms with E-state index in [4.69, 9.17) is 0 Å². The van der Waals surface area contributed by atoms with E-state index >= 15 is 0 Å². The first-order chi connectivity index (χ1) is 13.6. The molecule has 1 fully saturated rings. The van der Waals surface area contributed by atoms with E-state index < -0.39 is 0 Å². The molecule has 4 rings (SSSR count). The third kappa shape index (κ3) is 4.18. The van der Waals surface area contributed by atoms with Crippen molar-refractivity contribution in [2.45, 2.75) is 25.3 Å². The summed E-state index contributed by atoms with van der Waals surface area (Å²) < 4.78 is 0.922. The molecule has 2 aromatic carbocycles. The van der Waals surface area contributed by atoms with Crippen LogP contribution >= 0.6 is 11.3 Å².